The highest BCUT2D eigenvalue weighted by Crippen LogP contribution is 2.39. The van der Waals surface area contributed by atoms with Crippen molar-refractivity contribution in [3.63, 3.8) is 0 Å². The normalized spacial score (nSPS) is 21.2. The predicted molar refractivity (Wildman–Crippen MR) is 117 cm³/mol. The van der Waals surface area contributed by atoms with Crippen molar-refractivity contribution in [2.45, 2.75) is 61.8 Å². The topological polar surface area (TPSA) is 92.3 Å². The number of ether oxygens (including phenoxy) is 3. The molecule has 7 nitrogen and oxygen atoms in total. The number of para-hydroxylation sites is 2. The molecule has 31 heavy (non-hydrogen) atoms. The first-order chi connectivity index (χ1) is 15.1. The van der Waals surface area contributed by atoms with Crippen LogP contribution in [0.25, 0.3) is 11.0 Å². The highest BCUT2D eigenvalue weighted by Gasteiger charge is 2.43. The molecule has 0 radical (unpaired) electrons. The van der Waals surface area contributed by atoms with Crippen molar-refractivity contribution in [3.05, 3.63) is 47.8 Å². The lowest BCUT2D eigenvalue weighted by Gasteiger charge is -2.22. The second kappa shape index (κ2) is 8.78. The van der Waals surface area contributed by atoms with Gasteiger partial charge in [-0.1, -0.05) is 12.1 Å². The molecule has 1 spiro atoms. The van der Waals surface area contributed by atoms with Crippen molar-refractivity contribution in [2.75, 3.05) is 13.2 Å². The van der Waals surface area contributed by atoms with Gasteiger partial charge in [0.25, 0.3) is 0 Å². The number of hydrogen-bond acceptors (Lipinski definition) is 6. The van der Waals surface area contributed by atoms with Crippen LogP contribution in [0.1, 0.15) is 43.4 Å². The lowest BCUT2D eigenvalue weighted by atomic mass is 10.2. The summed E-state index contributed by atoms with van der Waals surface area (Å²) in [5.74, 6) is 0.719. The maximum Gasteiger partial charge on any atom is 0.322 e. The number of nitrogens with one attached hydrogen (secondary N) is 1. The maximum absolute atomic E-state index is 12.9. The monoisotopic (exact) mass is 441 g/mol. The lowest BCUT2D eigenvalue weighted by Crippen LogP contribution is -2.27. The molecule has 1 aliphatic heterocycles. The van der Waals surface area contributed by atoms with E-state index in [0.717, 1.165) is 47.3 Å². The fourth-order valence-corrected chi connectivity index (χ4v) is 5.43. The summed E-state index contributed by atoms with van der Waals surface area (Å²) in [7, 11) is 0. The van der Waals surface area contributed by atoms with Crippen LogP contribution in [-0.2, 0) is 26.4 Å². The van der Waals surface area contributed by atoms with Crippen LogP contribution in [0, 0.1) is 6.92 Å². The molecule has 0 amide bonds. The number of pyridine rings is 1. The van der Waals surface area contributed by atoms with Gasteiger partial charge in [0.05, 0.1) is 36.0 Å². The van der Waals surface area contributed by atoms with E-state index in [9.17, 15) is 4.55 Å². The van der Waals surface area contributed by atoms with E-state index in [1.807, 2.05) is 37.3 Å². The lowest BCUT2D eigenvalue weighted by molar-refractivity contribution is -0.162. The number of rotatable bonds is 7. The first kappa shape index (κ1) is 20.8. The number of aromatic nitrogens is 3. The van der Waals surface area contributed by atoms with E-state index in [1.165, 1.54) is 12.8 Å². The van der Waals surface area contributed by atoms with Crippen molar-refractivity contribution in [1.82, 2.24) is 15.0 Å². The van der Waals surface area contributed by atoms with E-state index in [4.69, 9.17) is 14.2 Å². The van der Waals surface area contributed by atoms with Crippen molar-refractivity contribution >= 4 is 22.2 Å². The average molecular weight is 442 g/mol. The van der Waals surface area contributed by atoms with Crippen molar-refractivity contribution in [1.29, 1.82) is 0 Å². The van der Waals surface area contributed by atoms with E-state index < -0.39 is 11.2 Å². The Morgan fingerprint density at radius 3 is 2.94 bits per heavy atom. The molecule has 0 bridgehead atoms. The summed E-state index contributed by atoms with van der Waals surface area (Å²) in [4.78, 5) is 12.0. The summed E-state index contributed by atoms with van der Waals surface area (Å²) in [6.07, 6.45) is 6.93. The van der Waals surface area contributed by atoms with Gasteiger partial charge in [0.1, 0.15) is 5.75 Å². The van der Waals surface area contributed by atoms with Crippen LogP contribution in [0.5, 0.6) is 5.75 Å². The molecule has 2 unspecified atom stereocenters. The third kappa shape index (κ3) is 4.43. The molecule has 2 fully saturated rings. The van der Waals surface area contributed by atoms with Crippen LogP contribution < -0.4 is 4.74 Å². The molecule has 2 atom stereocenters. The first-order valence-corrected chi connectivity index (χ1v) is 12.2. The minimum Gasteiger partial charge on any atom is -0.609 e. The van der Waals surface area contributed by atoms with E-state index >= 15 is 0 Å². The van der Waals surface area contributed by atoms with Crippen molar-refractivity contribution in [3.8, 4) is 5.75 Å². The SMILES string of the molecule is Cc1c(OCCC2COC3(CCCC3)O2)ccnc1C[S+]([O-])c1nc2ccccc2[nH]1. The molecule has 1 aliphatic carbocycles. The van der Waals surface area contributed by atoms with Crippen LogP contribution in [-0.4, -0.2) is 44.6 Å². The van der Waals surface area contributed by atoms with Gasteiger partial charge in [-0.05, 0) is 38.0 Å². The zero-order valence-electron chi connectivity index (χ0n) is 17.6. The highest BCUT2D eigenvalue weighted by atomic mass is 32.2. The van der Waals surface area contributed by atoms with E-state index in [-0.39, 0.29) is 17.6 Å². The van der Waals surface area contributed by atoms with Gasteiger partial charge in [-0.15, -0.1) is 0 Å². The fourth-order valence-electron chi connectivity index (χ4n) is 4.33. The Morgan fingerprint density at radius 1 is 1.26 bits per heavy atom. The number of H-pyrrole nitrogens is 1. The van der Waals surface area contributed by atoms with Gasteiger partial charge in [-0.2, -0.15) is 4.98 Å². The summed E-state index contributed by atoms with van der Waals surface area (Å²) in [5, 5.41) is 0.466. The highest BCUT2D eigenvalue weighted by molar-refractivity contribution is 7.90. The Bertz CT molecular complexity index is 1020. The molecule has 1 saturated carbocycles. The largest absolute Gasteiger partial charge is 0.609 e. The molecule has 164 valence electrons. The molecule has 1 aromatic carbocycles. The van der Waals surface area contributed by atoms with Crippen molar-refractivity contribution in [2.24, 2.45) is 0 Å². The smallest absolute Gasteiger partial charge is 0.322 e. The zero-order valence-corrected chi connectivity index (χ0v) is 18.5. The number of fused-ring (bicyclic) bond motifs is 1. The number of aromatic amines is 1. The van der Waals surface area contributed by atoms with Gasteiger partial charge >= 0.3 is 5.16 Å². The zero-order chi connectivity index (χ0) is 21.3. The van der Waals surface area contributed by atoms with Crippen LogP contribution >= 0.6 is 0 Å². The van der Waals surface area contributed by atoms with E-state index in [0.29, 0.717) is 18.4 Å². The van der Waals surface area contributed by atoms with Crippen LogP contribution in [0.3, 0.4) is 0 Å². The van der Waals surface area contributed by atoms with E-state index in [1.54, 1.807) is 6.20 Å². The summed E-state index contributed by atoms with van der Waals surface area (Å²) in [6.45, 7) is 3.14. The number of benzene rings is 1. The number of nitrogens with zero attached hydrogens (tertiary/aromatic N) is 2. The second-order valence-corrected chi connectivity index (χ2v) is 9.60. The Kier molecular flexibility index (Phi) is 5.88. The summed E-state index contributed by atoms with van der Waals surface area (Å²) < 4.78 is 31.0. The molecule has 1 N–H and O–H groups in total. The molecule has 1 saturated heterocycles. The second-order valence-electron chi connectivity index (χ2n) is 8.24. The minimum absolute atomic E-state index is 0.0836. The van der Waals surface area contributed by atoms with Crippen molar-refractivity contribution < 1.29 is 18.8 Å². The van der Waals surface area contributed by atoms with Gasteiger partial charge < -0.3 is 18.8 Å². The summed E-state index contributed by atoms with van der Waals surface area (Å²) in [6, 6.07) is 9.52. The van der Waals surface area contributed by atoms with E-state index in [2.05, 4.69) is 15.0 Å². The molecule has 2 aromatic heterocycles. The quantitative estimate of drug-likeness (QED) is 0.557. The third-order valence-corrected chi connectivity index (χ3v) is 7.25. The minimum atomic E-state index is -1.32. The Hall–Kier alpha value is -2.13. The third-order valence-electron chi connectivity index (χ3n) is 6.09. The van der Waals surface area contributed by atoms with Crippen LogP contribution in [0.2, 0.25) is 0 Å². The van der Waals surface area contributed by atoms with Gasteiger partial charge in [-0.25, -0.2) is 0 Å². The van der Waals surface area contributed by atoms with Crippen LogP contribution in [0.15, 0.2) is 41.7 Å². The summed E-state index contributed by atoms with van der Waals surface area (Å²) >= 11 is -1.32. The molecule has 2 aliphatic rings. The molecular formula is C23H27N3O4S. The maximum atomic E-state index is 12.9. The summed E-state index contributed by atoms with van der Waals surface area (Å²) in [5.41, 5.74) is 3.35. The Balaban J connectivity index is 1.19. The van der Waals surface area contributed by atoms with Gasteiger partial charge in [0.2, 0.25) is 0 Å². The van der Waals surface area contributed by atoms with Crippen LogP contribution in [0.4, 0.5) is 0 Å². The first-order valence-electron chi connectivity index (χ1n) is 10.8. The number of hydrogen-bond donors (Lipinski definition) is 1. The molecule has 8 heteroatoms. The predicted octanol–water partition coefficient (Wildman–Crippen LogP) is 4.03. The standard InChI is InChI=1S/C23H27N3O4S/c1-16-20(15-31(27)22-25-18-6-2-3-7-19(18)26-22)24-12-8-21(16)28-13-9-17-14-29-23(30-17)10-4-5-11-23/h2-3,6-8,12,17H,4-5,9-11,13-15H2,1H3,(H,25,26). The van der Waals surface area contributed by atoms with Gasteiger partial charge in [-0.3, -0.25) is 9.97 Å². The Morgan fingerprint density at radius 2 is 2.10 bits per heavy atom. The van der Waals surface area contributed by atoms with Gasteiger partial charge in [0.15, 0.2) is 11.5 Å². The molecular weight excluding hydrogens is 414 g/mol. The van der Waals surface area contributed by atoms with Gasteiger partial charge in [0, 0.05) is 42.2 Å². The Labute approximate surface area is 184 Å². The average Bonchev–Trinajstić information content (AvgIpc) is 3.51. The molecule has 5 rings (SSSR count). The molecule has 3 heterocycles. The number of imidazole rings is 1. The molecule has 3 aromatic rings. The fraction of sp³-hybridized carbons (Fsp3) is 0.478.